The number of nitrogens with zero attached hydrogens (tertiary/aromatic N) is 3. The third-order valence-corrected chi connectivity index (χ3v) is 3.80. The highest BCUT2D eigenvalue weighted by molar-refractivity contribution is 5.45. The molecular weight excluding hydrogens is 248 g/mol. The third kappa shape index (κ3) is 4.09. The van der Waals surface area contributed by atoms with Crippen LogP contribution in [0.25, 0.3) is 0 Å². The lowest BCUT2D eigenvalue weighted by atomic mass is 10.1. The van der Waals surface area contributed by atoms with Crippen LogP contribution in [0.1, 0.15) is 52.9 Å². The summed E-state index contributed by atoms with van der Waals surface area (Å²) >= 11 is 0. The quantitative estimate of drug-likeness (QED) is 0.824. The van der Waals surface area contributed by atoms with Crippen molar-refractivity contribution in [3.05, 3.63) is 12.4 Å². The lowest BCUT2D eigenvalue weighted by molar-refractivity contribution is 0.530. The molecule has 0 amide bonds. The summed E-state index contributed by atoms with van der Waals surface area (Å²) in [5, 5.41) is 3.33. The maximum Gasteiger partial charge on any atom is 0.149 e. The summed E-state index contributed by atoms with van der Waals surface area (Å²) < 4.78 is 0. The van der Waals surface area contributed by atoms with Gasteiger partial charge in [-0.1, -0.05) is 33.6 Å². The Labute approximate surface area is 123 Å². The Morgan fingerprint density at radius 2 is 2.05 bits per heavy atom. The molecule has 20 heavy (non-hydrogen) atoms. The summed E-state index contributed by atoms with van der Waals surface area (Å²) in [5.41, 5.74) is 0. The van der Waals surface area contributed by atoms with Crippen molar-refractivity contribution in [1.82, 2.24) is 9.97 Å². The van der Waals surface area contributed by atoms with Gasteiger partial charge in [0, 0.05) is 19.1 Å². The van der Waals surface area contributed by atoms with Crippen LogP contribution in [0.2, 0.25) is 0 Å². The van der Waals surface area contributed by atoms with Crippen LogP contribution in [0, 0.1) is 5.92 Å². The lowest BCUT2D eigenvalue weighted by Crippen LogP contribution is -2.37. The van der Waals surface area contributed by atoms with Gasteiger partial charge in [-0.15, -0.1) is 0 Å². The van der Waals surface area contributed by atoms with E-state index in [4.69, 9.17) is 4.98 Å². The van der Waals surface area contributed by atoms with Crippen LogP contribution in [-0.2, 0) is 0 Å². The van der Waals surface area contributed by atoms with Gasteiger partial charge >= 0.3 is 0 Å². The van der Waals surface area contributed by atoms with Crippen molar-refractivity contribution in [2.24, 2.45) is 5.92 Å². The Kier molecular flexibility index (Phi) is 5.62. The molecule has 0 saturated heterocycles. The molecule has 4 heteroatoms. The molecule has 1 fully saturated rings. The molecule has 0 bridgehead atoms. The molecule has 112 valence electrons. The van der Waals surface area contributed by atoms with Crippen molar-refractivity contribution in [2.75, 3.05) is 23.3 Å². The van der Waals surface area contributed by atoms with E-state index in [1.54, 1.807) is 0 Å². The minimum absolute atomic E-state index is 0.643. The van der Waals surface area contributed by atoms with E-state index in [2.05, 4.69) is 36.0 Å². The van der Waals surface area contributed by atoms with Gasteiger partial charge in [-0.05, 0) is 25.2 Å². The summed E-state index contributed by atoms with van der Waals surface area (Å²) in [5.74, 6) is 2.58. The number of hydrogen-bond donors (Lipinski definition) is 1. The first-order valence-corrected chi connectivity index (χ1v) is 8.03. The fraction of sp³-hybridized carbons (Fsp3) is 0.750. The average Bonchev–Trinajstić information content (AvgIpc) is 2.96. The van der Waals surface area contributed by atoms with Crippen molar-refractivity contribution in [2.45, 2.75) is 58.9 Å². The van der Waals surface area contributed by atoms with Crippen LogP contribution in [0.5, 0.6) is 0 Å². The molecule has 1 aliphatic carbocycles. The van der Waals surface area contributed by atoms with Crippen LogP contribution in [0.3, 0.4) is 0 Å². The predicted molar refractivity (Wildman–Crippen MR) is 85.3 cm³/mol. The summed E-state index contributed by atoms with van der Waals surface area (Å²) in [6, 6.07) is 0.646. The van der Waals surface area contributed by atoms with E-state index in [-0.39, 0.29) is 0 Å². The first kappa shape index (κ1) is 15.1. The topological polar surface area (TPSA) is 41.1 Å². The molecule has 4 nitrogen and oxygen atoms in total. The molecule has 2 rings (SSSR count). The highest BCUT2D eigenvalue weighted by Gasteiger charge is 2.24. The van der Waals surface area contributed by atoms with Crippen LogP contribution >= 0.6 is 0 Å². The van der Waals surface area contributed by atoms with Crippen LogP contribution in [0.15, 0.2) is 12.4 Å². The molecule has 0 radical (unpaired) electrons. The van der Waals surface area contributed by atoms with Gasteiger partial charge in [-0.3, -0.25) is 4.98 Å². The van der Waals surface area contributed by atoms with Crippen molar-refractivity contribution in [1.29, 1.82) is 0 Å². The maximum absolute atomic E-state index is 4.76. The normalized spacial score (nSPS) is 15.8. The molecule has 1 saturated carbocycles. The van der Waals surface area contributed by atoms with Crippen LogP contribution in [-0.4, -0.2) is 29.1 Å². The smallest absolute Gasteiger partial charge is 0.149 e. The van der Waals surface area contributed by atoms with Crippen LogP contribution < -0.4 is 10.2 Å². The summed E-state index contributed by atoms with van der Waals surface area (Å²) in [6.45, 7) is 8.72. The molecule has 0 aliphatic heterocycles. The summed E-state index contributed by atoms with van der Waals surface area (Å²) in [7, 11) is 0. The van der Waals surface area contributed by atoms with E-state index in [1.807, 2.05) is 12.4 Å². The second-order valence-corrected chi connectivity index (χ2v) is 6.17. The molecule has 1 aromatic rings. The van der Waals surface area contributed by atoms with Gasteiger partial charge in [-0.2, -0.15) is 0 Å². The van der Waals surface area contributed by atoms with Crippen LogP contribution in [0.4, 0.5) is 11.6 Å². The second-order valence-electron chi connectivity index (χ2n) is 6.17. The van der Waals surface area contributed by atoms with Gasteiger partial charge in [-0.25, -0.2) is 4.98 Å². The zero-order chi connectivity index (χ0) is 14.4. The number of rotatable bonds is 7. The Morgan fingerprint density at radius 3 is 2.70 bits per heavy atom. The van der Waals surface area contributed by atoms with Gasteiger partial charge in [0.1, 0.15) is 11.6 Å². The second kappa shape index (κ2) is 7.46. The number of anilines is 2. The molecule has 0 atom stereocenters. The highest BCUT2D eigenvalue weighted by Crippen LogP contribution is 2.28. The van der Waals surface area contributed by atoms with Crippen molar-refractivity contribution < 1.29 is 0 Å². The number of nitrogens with one attached hydrogen (secondary N) is 1. The Morgan fingerprint density at radius 1 is 1.30 bits per heavy atom. The number of aromatic nitrogens is 2. The van der Waals surface area contributed by atoms with Gasteiger partial charge in [0.05, 0.1) is 12.4 Å². The first-order chi connectivity index (χ1) is 9.70. The first-order valence-electron chi connectivity index (χ1n) is 8.03. The Hall–Kier alpha value is -1.32. The Bertz CT molecular complexity index is 399. The fourth-order valence-electron chi connectivity index (χ4n) is 2.87. The lowest BCUT2D eigenvalue weighted by Gasteiger charge is -2.31. The minimum Gasteiger partial charge on any atom is -0.369 e. The maximum atomic E-state index is 4.76. The van der Waals surface area contributed by atoms with Gasteiger partial charge in [0.15, 0.2) is 0 Å². The molecular formula is C16H28N4. The molecule has 0 unspecified atom stereocenters. The van der Waals surface area contributed by atoms with Gasteiger partial charge in [0.2, 0.25) is 0 Å². The largest absolute Gasteiger partial charge is 0.369 e. The highest BCUT2D eigenvalue weighted by atomic mass is 15.2. The third-order valence-electron chi connectivity index (χ3n) is 3.80. The molecule has 1 N–H and O–H groups in total. The Balaban J connectivity index is 2.14. The van der Waals surface area contributed by atoms with E-state index in [1.165, 1.54) is 25.7 Å². The van der Waals surface area contributed by atoms with E-state index >= 15 is 0 Å². The fourth-order valence-corrected chi connectivity index (χ4v) is 2.87. The zero-order valence-electron chi connectivity index (χ0n) is 13.1. The van der Waals surface area contributed by atoms with E-state index in [0.29, 0.717) is 12.0 Å². The summed E-state index contributed by atoms with van der Waals surface area (Å²) in [6.07, 6.45) is 10.1. The van der Waals surface area contributed by atoms with Crippen molar-refractivity contribution in [3.8, 4) is 0 Å². The minimum atomic E-state index is 0.643. The van der Waals surface area contributed by atoms with Crippen molar-refractivity contribution in [3.63, 3.8) is 0 Å². The molecule has 1 aromatic heterocycles. The van der Waals surface area contributed by atoms with E-state index < -0.39 is 0 Å². The standard InChI is InChI=1S/C16H28N4/c1-4-9-18-15-10-17-11-16(19-15)20(12-13(2)3)14-7-5-6-8-14/h10-11,13-14H,4-9,12H2,1-3H3,(H,18,19). The average molecular weight is 276 g/mol. The number of hydrogen-bond acceptors (Lipinski definition) is 4. The van der Waals surface area contributed by atoms with Gasteiger partial charge in [0.25, 0.3) is 0 Å². The van der Waals surface area contributed by atoms with Crippen molar-refractivity contribution >= 4 is 11.6 Å². The molecule has 0 spiro atoms. The molecule has 0 aromatic carbocycles. The molecule has 1 aliphatic rings. The SMILES string of the molecule is CCCNc1cncc(N(CC(C)C)C2CCCC2)n1. The predicted octanol–water partition coefficient (Wildman–Crippen LogP) is 3.70. The zero-order valence-corrected chi connectivity index (χ0v) is 13.1. The van der Waals surface area contributed by atoms with Gasteiger partial charge < -0.3 is 10.2 Å². The molecule has 1 heterocycles. The van der Waals surface area contributed by atoms with E-state index in [9.17, 15) is 0 Å². The summed E-state index contributed by atoms with van der Waals surface area (Å²) in [4.78, 5) is 11.6. The van der Waals surface area contributed by atoms with E-state index in [0.717, 1.165) is 31.1 Å². The monoisotopic (exact) mass is 276 g/mol.